The summed E-state index contributed by atoms with van der Waals surface area (Å²) in [6.45, 7) is 3.75. The number of aryl methyl sites for hydroxylation is 1. The maximum Gasteiger partial charge on any atom is 0.337 e. The van der Waals surface area contributed by atoms with E-state index >= 15 is 0 Å². The van der Waals surface area contributed by atoms with Crippen molar-refractivity contribution in [1.82, 2.24) is 9.97 Å². The highest BCUT2D eigenvalue weighted by Gasteiger charge is 2.43. The minimum Gasteiger partial charge on any atom is -0.488 e. The van der Waals surface area contributed by atoms with E-state index in [-0.39, 0.29) is 6.10 Å². The maximum absolute atomic E-state index is 11.7. The van der Waals surface area contributed by atoms with Crippen molar-refractivity contribution in [2.75, 3.05) is 25.1 Å². The number of aliphatic hydroxyl groups is 1. The molecule has 2 aliphatic rings. The van der Waals surface area contributed by atoms with Gasteiger partial charge in [0.15, 0.2) is 0 Å². The van der Waals surface area contributed by atoms with Crippen LogP contribution in [0.15, 0.2) is 36.7 Å². The fourth-order valence-corrected chi connectivity index (χ4v) is 4.31. The van der Waals surface area contributed by atoms with Gasteiger partial charge in [-0.15, -0.1) is 0 Å². The molecule has 28 heavy (non-hydrogen) atoms. The number of anilines is 1. The lowest BCUT2D eigenvalue weighted by atomic mass is 9.78. The van der Waals surface area contributed by atoms with E-state index < -0.39 is 12.1 Å². The molecule has 7 nitrogen and oxygen atoms in total. The summed E-state index contributed by atoms with van der Waals surface area (Å²) < 4.78 is 10.8. The number of ether oxygens (including phenoxy) is 2. The lowest BCUT2D eigenvalue weighted by Crippen LogP contribution is -2.42. The molecule has 7 heteroatoms. The van der Waals surface area contributed by atoms with Gasteiger partial charge in [-0.05, 0) is 49.8 Å². The van der Waals surface area contributed by atoms with Gasteiger partial charge in [0.05, 0.1) is 18.8 Å². The van der Waals surface area contributed by atoms with Crippen molar-refractivity contribution >= 4 is 11.8 Å². The van der Waals surface area contributed by atoms with Gasteiger partial charge in [-0.25, -0.2) is 14.8 Å². The molecule has 1 aromatic carbocycles. The second-order valence-electron chi connectivity index (χ2n) is 7.66. The topological polar surface area (TPSA) is 84.8 Å². The van der Waals surface area contributed by atoms with Gasteiger partial charge in [-0.3, -0.25) is 0 Å². The molecule has 2 fully saturated rings. The van der Waals surface area contributed by atoms with Crippen molar-refractivity contribution < 1.29 is 19.4 Å². The summed E-state index contributed by atoms with van der Waals surface area (Å²) in [7, 11) is 1.35. The number of rotatable bonds is 4. The Labute approximate surface area is 164 Å². The lowest BCUT2D eigenvalue weighted by Gasteiger charge is -2.35. The number of aliphatic hydroxyl groups excluding tert-OH is 1. The molecule has 4 atom stereocenters. The molecule has 0 unspecified atom stereocenters. The van der Waals surface area contributed by atoms with Crippen LogP contribution in [0.2, 0.25) is 0 Å². The molecule has 2 heterocycles. The SMILES string of the molecule is COC(=O)c1cccc(O[C@@H]2C[C@@H]3CN(c4cc(C)ncn4)C[C@@H]3C[C@H]2O)c1. The molecule has 0 amide bonds. The van der Waals surface area contributed by atoms with Crippen molar-refractivity contribution in [3.63, 3.8) is 0 Å². The van der Waals surface area contributed by atoms with E-state index in [9.17, 15) is 9.90 Å². The summed E-state index contributed by atoms with van der Waals surface area (Å²) in [5, 5.41) is 10.6. The molecule has 1 saturated heterocycles. The number of esters is 1. The quantitative estimate of drug-likeness (QED) is 0.811. The second-order valence-corrected chi connectivity index (χ2v) is 7.66. The summed E-state index contributed by atoms with van der Waals surface area (Å²) in [6.07, 6.45) is 2.25. The van der Waals surface area contributed by atoms with Gasteiger partial charge < -0.3 is 19.5 Å². The average molecular weight is 383 g/mol. The molecular weight excluding hydrogens is 358 g/mol. The largest absolute Gasteiger partial charge is 0.488 e. The van der Waals surface area contributed by atoms with Crippen LogP contribution < -0.4 is 9.64 Å². The first-order valence-corrected chi connectivity index (χ1v) is 9.60. The van der Waals surface area contributed by atoms with E-state index in [0.29, 0.717) is 29.6 Å². The minimum atomic E-state index is -0.532. The Morgan fingerprint density at radius 1 is 1.18 bits per heavy atom. The highest BCUT2D eigenvalue weighted by molar-refractivity contribution is 5.89. The number of benzene rings is 1. The number of hydrogen-bond donors (Lipinski definition) is 1. The van der Waals surface area contributed by atoms with Gasteiger partial charge in [0.1, 0.15) is 24.0 Å². The van der Waals surface area contributed by atoms with Gasteiger partial charge in [0, 0.05) is 24.8 Å². The molecule has 1 aliphatic heterocycles. The number of fused-ring (bicyclic) bond motifs is 1. The van der Waals surface area contributed by atoms with Crippen molar-refractivity contribution in [1.29, 1.82) is 0 Å². The van der Waals surface area contributed by atoms with Crippen LogP contribution in [0.4, 0.5) is 5.82 Å². The summed E-state index contributed by atoms with van der Waals surface area (Å²) in [5.41, 5.74) is 1.39. The second kappa shape index (κ2) is 7.75. The van der Waals surface area contributed by atoms with Crippen molar-refractivity contribution in [2.45, 2.75) is 32.0 Å². The minimum absolute atomic E-state index is 0.291. The number of nitrogens with zero attached hydrogens (tertiary/aromatic N) is 3. The summed E-state index contributed by atoms with van der Waals surface area (Å²) in [6, 6.07) is 8.91. The van der Waals surface area contributed by atoms with E-state index in [2.05, 4.69) is 14.9 Å². The fourth-order valence-electron chi connectivity index (χ4n) is 4.31. The zero-order valence-corrected chi connectivity index (χ0v) is 16.1. The zero-order chi connectivity index (χ0) is 19.7. The molecule has 4 rings (SSSR count). The Morgan fingerprint density at radius 2 is 1.96 bits per heavy atom. The van der Waals surface area contributed by atoms with Crippen LogP contribution in [0, 0.1) is 18.8 Å². The Bertz CT molecular complexity index is 859. The number of carbonyl (C=O) groups excluding carboxylic acids is 1. The Kier molecular flexibility index (Phi) is 5.17. The normalized spacial score (nSPS) is 26.6. The monoisotopic (exact) mass is 383 g/mol. The van der Waals surface area contributed by atoms with Crippen LogP contribution >= 0.6 is 0 Å². The van der Waals surface area contributed by atoms with Gasteiger partial charge in [0.2, 0.25) is 0 Å². The van der Waals surface area contributed by atoms with Crippen LogP contribution in [-0.2, 0) is 4.74 Å². The molecule has 1 aromatic heterocycles. The summed E-state index contributed by atoms with van der Waals surface area (Å²) in [5.74, 6) is 1.98. The summed E-state index contributed by atoms with van der Waals surface area (Å²) in [4.78, 5) is 22.6. The van der Waals surface area contributed by atoms with Gasteiger partial charge in [0.25, 0.3) is 0 Å². The highest BCUT2D eigenvalue weighted by atomic mass is 16.5. The van der Waals surface area contributed by atoms with Gasteiger partial charge >= 0.3 is 5.97 Å². The third-order valence-electron chi connectivity index (χ3n) is 5.74. The van der Waals surface area contributed by atoms with E-state index in [1.165, 1.54) is 7.11 Å². The van der Waals surface area contributed by atoms with Gasteiger partial charge in [-0.2, -0.15) is 0 Å². The van der Waals surface area contributed by atoms with Crippen LogP contribution in [0.5, 0.6) is 5.75 Å². The fraction of sp³-hybridized carbons (Fsp3) is 0.476. The van der Waals surface area contributed by atoms with Gasteiger partial charge in [-0.1, -0.05) is 6.07 Å². The number of carbonyl (C=O) groups is 1. The third-order valence-corrected chi connectivity index (χ3v) is 5.74. The predicted molar refractivity (Wildman–Crippen MR) is 103 cm³/mol. The number of aromatic nitrogens is 2. The zero-order valence-electron chi connectivity index (χ0n) is 16.1. The highest BCUT2D eigenvalue weighted by Crippen LogP contribution is 2.39. The van der Waals surface area contributed by atoms with Crippen LogP contribution in [0.3, 0.4) is 0 Å². The molecular formula is C21H25N3O4. The molecule has 1 aliphatic carbocycles. The molecule has 0 spiro atoms. The number of methoxy groups -OCH3 is 1. The molecule has 0 radical (unpaired) electrons. The molecule has 2 aromatic rings. The van der Waals surface area contributed by atoms with Crippen molar-refractivity contribution in [3.8, 4) is 5.75 Å². The smallest absolute Gasteiger partial charge is 0.337 e. The lowest BCUT2D eigenvalue weighted by molar-refractivity contribution is -0.0231. The van der Waals surface area contributed by atoms with Crippen molar-refractivity contribution in [3.05, 3.63) is 47.9 Å². The third kappa shape index (κ3) is 3.80. The van der Waals surface area contributed by atoms with Crippen LogP contribution in [-0.4, -0.2) is 53.5 Å². The van der Waals surface area contributed by atoms with Crippen LogP contribution in [0.1, 0.15) is 28.9 Å². The molecule has 1 saturated carbocycles. The molecule has 0 bridgehead atoms. The van der Waals surface area contributed by atoms with E-state index in [4.69, 9.17) is 9.47 Å². The average Bonchev–Trinajstić information content (AvgIpc) is 3.10. The maximum atomic E-state index is 11.7. The Balaban J connectivity index is 1.44. The van der Waals surface area contributed by atoms with E-state index in [0.717, 1.165) is 31.0 Å². The van der Waals surface area contributed by atoms with E-state index in [1.54, 1.807) is 30.6 Å². The van der Waals surface area contributed by atoms with Crippen LogP contribution in [0.25, 0.3) is 0 Å². The first kappa shape index (κ1) is 18.7. The number of hydrogen-bond acceptors (Lipinski definition) is 7. The predicted octanol–water partition coefficient (Wildman–Crippen LogP) is 2.23. The van der Waals surface area contributed by atoms with Crippen molar-refractivity contribution in [2.24, 2.45) is 11.8 Å². The first-order valence-electron chi connectivity index (χ1n) is 9.60. The molecule has 1 N–H and O–H groups in total. The van der Waals surface area contributed by atoms with E-state index in [1.807, 2.05) is 13.0 Å². The summed E-state index contributed by atoms with van der Waals surface area (Å²) >= 11 is 0. The first-order chi connectivity index (χ1) is 13.5. The Morgan fingerprint density at radius 3 is 2.71 bits per heavy atom. The standard InChI is InChI=1S/C21H25N3O4/c1-13-6-20(23-12-22-13)24-10-15-8-18(25)19(9-16(15)11-24)28-17-5-3-4-14(7-17)21(26)27-2/h3-7,12,15-16,18-19,25H,8-11H2,1-2H3/t15-,16+,18+,19+/m0/s1. The Hall–Kier alpha value is -2.67. The molecule has 148 valence electrons.